The van der Waals surface area contributed by atoms with Crippen molar-refractivity contribution >= 4 is 11.8 Å². The molecule has 4 heteroatoms. The van der Waals surface area contributed by atoms with E-state index in [2.05, 4.69) is 6.92 Å². The Labute approximate surface area is 126 Å². The normalized spacial score (nSPS) is 18.4. The van der Waals surface area contributed by atoms with E-state index in [4.69, 9.17) is 0 Å². The molecule has 1 aliphatic rings. The maximum atomic E-state index is 12.2. The topological polar surface area (TPSA) is 40.6 Å². The van der Waals surface area contributed by atoms with Crippen LogP contribution in [0.3, 0.4) is 0 Å². The van der Waals surface area contributed by atoms with Gasteiger partial charge in [0.05, 0.1) is 0 Å². The molecule has 114 valence electrons. The lowest BCUT2D eigenvalue weighted by molar-refractivity contribution is -0.141. The molecule has 1 aromatic rings. The van der Waals surface area contributed by atoms with Gasteiger partial charge in [0.25, 0.3) is 0 Å². The number of carbonyl (C=O) groups excluding carboxylic acids is 2. The van der Waals surface area contributed by atoms with Gasteiger partial charge in [-0.3, -0.25) is 9.59 Å². The molecule has 0 aromatic heterocycles. The van der Waals surface area contributed by atoms with Gasteiger partial charge in [-0.15, -0.1) is 0 Å². The minimum Gasteiger partial charge on any atom is -0.342 e. The van der Waals surface area contributed by atoms with Gasteiger partial charge in [-0.1, -0.05) is 37.3 Å². The summed E-state index contributed by atoms with van der Waals surface area (Å²) in [7, 11) is 1.75. The highest BCUT2D eigenvalue weighted by Crippen LogP contribution is 2.16. The van der Waals surface area contributed by atoms with Gasteiger partial charge in [-0.2, -0.15) is 0 Å². The van der Waals surface area contributed by atoms with Crippen molar-refractivity contribution in [2.24, 2.45) is 5.92 Å². The predicted octanol–water partition coefficient (Wildman–Crippen LogP) is 2.29. The molecule has 1 aromatic carbocycles. The first kappa shape index (κ1) is 15.5. The standard InChI is InChI=1S/C17H24N2O2/c1-14-7-6-10-19(12-14)17(21)11-16(20)18(2)13-15-8-4-3-5-9-15/h3-5,8-9,14H,6-7,10-13H2,1-2H3. The van der Waals surface area contributed by atoms with Crippen molar-refractivity contribution in [3.63, 3.8) is 0 Å². The molecule has 21 heavy (non-hydrogen) atoms. The van der Waals surface area contributed by atoms with Crippen molar-refractivity contribution in [1.29, 1.82) is 0 Å². The summed E-state index contributed by atoms with van der Waals surface area (Å²) >= 11 is 0. The zero-order valence-electron chi connectivity index (χ0n) is 12.9. The molecule has 0 saturated carbocycles. The van der Waals surface area contributed by atoms with Gasteiger partial charge < -0.3 is 9.80 Å². The van der Waals surface area contributed by atoms with Crippen LogP contribution >= 0.6 is 0 Å². The van der Waals surface area contributed by atoms with E-state index >= 15 is 0 Å². The number of piperidine rings is 1. The molecule has 1 atom stereocenters. The summed E-state index contributed by atoms with van der Waals surface area (Å²) < 4.78 is 0. The van der Waals surface area contributed by atoms with Gasteiger partial charge in [0.15, 0.2) is 0 Å². The van der Waals surface area contributed by atoms with Crippen LogP contribution in [0.5, 0.6) is 0 Å². The highest BCUT2D eigenvalue weighted by atomic mass is 16.2. The minimum atomic E-state index is -0.109. The van der Waals surface area contributed by atoms with Crippen LogP contribution in [-0.2, 0) is 16.1 Å². The number of nitrogens with zero attached hydrogens (tertiary/aromatic N) is 2. The number of hydrogen-bond acceptors (Lipinski definition) is 2. The van der Waals surface area contributed by atoms with Crippen molar-refractivity contribution in [1.82, 2.24) is 9.80 Å². The van der Waals surface area contributed by atoms with E-state index in [0.29, 0.717) is 12.5 Å². The van der Waals surface area contributed by atoms with E-state index in [-0.39, 0.29) is 18.2 Å². The Bertz CT molecular complexity index is 487. The Morgan fingerprint density at radius 3 is 2.67 bits per heavy atom. The quantitative estimate of drug-likeness (QED) is 0.798. The van der Waals surface area contributed by atoms with Crippen molar-refractivity contribution in [2.45, 2.75) is 32.7 Å². The summed E-state index contributed by atoms with van der Waals surface area (Å²) in [4.78, 5) is 27.8. The lowest BCUT2D eigenvalue weighted by Crippen LogP contribution is -2.41. The van der Waals surface area contributed by atoms with E-state index in [1.165, 1.54) is 6.42 Å². The van der Waals surface area contributed by atoms with Crippen LogP contribution in [0.2, 0.25) is 0 Å². The number of amides is 2. The second-order valence-electron chi connectivity index (χ2n) is 6.00. The van der Waals surface area contributed by atoms with E-state index in [1.54, 1.807) is 11.9 Å². The monoisotopic (exact) mass is 288 g/mol. The molecule has 4 nitrogen and oxygen atoms in total. The largest absolute Gasteiger partial charge is 0.342 e. The van der Waals surface area contributed by atoms with Crippen LogP contribution in [0.25, 0.3) is 0 Å². The highest BCUT2D eigenvalue weighted by Gasteiger charge is 2.23. The molecule has 1 heterocycles. The fourth-order valence-corrected chi connectivity index (χ4v) is 2.74. The van der Waals surface area contributed by atoms with Crippen LogP contribution in [0.4, 0.5) is 0 Å². The third-order valence-electron chi connectivity index (χ3n) is 4.00. The lowest BCUT2D eigenvalue weighted by atomic mass is 10.00. The first-order valence-electron chi connectivity index (χ1n) is 7.62. The van der Waals surface area contributed by atoms with Crippen molar-refractivity contribution < 1.29 is 9.59 Å². The van der Waals surface area contributed by atoms with Crippen LogP contribution < -0.4 is 0 Å². The predicted molar refractivity (Wildman–Crippen MR) is 82.5 cm³/mol. The molecule has 1 fully saturated rings. The maximum Gasteiger partial charge on any atom is 0.232 e. The van der Waals surface area contributed by atoms with Crippen LogP contribution in [-0.4, -0.2) is 41.8 Å². The SMILES string of the molecule is CC1CCCN(C(=O)CC(=O)N(C)Cc2ccccc2)C1. The average molecular weight is 288 g/mol. The first-order chi connectivity index (χ1) is 10.1. The molecule has 1 aliphatic heterocycles. The Balaban J connectivity index is 1.84. The van der Waals surface area contributed by atoms with Crippen molar-refractivity contribution in [3.8, 4) is 0 Å². The molecule has 1 unspecified atom stereocenters. The number of carbonyl (C=O) groups is 2. The molecular weight excluding hydrogens is 264 g/mol. The Morgan fingerprint density at radius 2 is 2.00 bits per heavy atom. The second-order valence-corrected chi connectivity index (χ2v) is 6.00. The fourth-order valence-electron chi connectivity index (χ4n) is 2.74. The van der Waals surface area contributed by atoms with E-state index in [9.17, 15) is 9.59 Å². The molecule has 0 aliphatic carbocycles. The van der Waals surface area contributed by atoms with E-state index < -0.39 is 0 Å². The number of rotatable bonds is 4. The van der Waals surface area contributed by atoms with Gasteiger partial charge in [0, 0.05) is 26.7 Å². The van der Waals surface area contributed by atoms with Crippen molar-refractivity contribution in [3.05, 3.63) is 35.9 Å². The molecule has 1 saturated heterocycles. The summed E-state index contributed by atoms with van der Waals surface area (Å²) in [5.41, 5.74) is 1.08. The third-order valence-corrected chi connectivity index (χ3v) is 4.00. The second kappa shape index (κ2) is 7.25. The molecule has 2 rings (SSSR count). The molecule has 0 radical (unpaired) electrons. The van der Waals surface area contributed by atoms with Crippen LogP contribution in [0.15, 0.2) is 30.3 Å². The van der Waals surface area contributed by atoms with E-state index in [0.717, 1.165) is 25.1 Å². The zero-order valence-corrected chi connectivity index (χ0v) is 12.9. The van der Waals surface area contributed by atoms with Crippen LogP contribution in [0, 0.1) is 5.92 Å². The van der Waals surface area contributed by atoms with Crippen molar-refractivity contribution in [2.75, 3.05) is 20.1 Å². The fraction of sp³-hybridized carbons (Fsp3) is 0.529. The molecule has 0 N–H and O–H groups in total. The zero-order chi connectivity index (χ0) is 15.2. The Morgan fingerprint density at radius 1 is 1.29 bits per heavy atom. The number of likely N-dealkylation sites (tertiary alicyclic amines) is 1. The summed E-state index contributed by atoms with van der Waals surface area (Å²) in [6, 6.07) is 9.82. The maximum absolute atomic E-state index is 12.2. The van der Waals surface area contributed by atoms with Gasteiger partial charge in [-0.05, 0) is 24.3 Å². The summed E-state index contributed by atoms with van der Waals surface area (Å²) in [5.74, 6) is 0.397. The smallest absolute Gasteiger partial charge is 0.232 e. The Kier molecular flexibility index (Phi) is 5.37. The molecule has 2 amide bonds. The number of benzene rings is 1. The number of hydrogen-bond donors (Lipinski definition) is 0. The Hall–Kier alpha value is -1.84. The molecular formula is C17H24N2O2. The average Bonchev–Trinajstić information content (AvgIpc) is 2.48. The summed E-state index contributed by atoms with van der Waals surface area (Å²) in [6.45, 7) is 4.28. The lowest BCUT2D eigenvalue weighted by Gasteiger charge is -2.31. The minimum absolute atomic E-state index is 0.0178. The van der Waals surface area contributed by atoms with Gasteiger partial charge in [-0.25, -0.2) is 0 Å². The highest BCUT2D eigenvalue weighted by molar-refractivity contribution is 5.96. The van der Waals surface area contributed by atoms with Gasteiger partial charge in [0.2, 0.25) is 11.8 Å². The molecule has 0 bridgehead atoms. The first-order valence-corrected chi connectivity index (χ1v) is 7.62. The summed E-state index contributed by atoms with van der Waals surface area (Å²) in [6.07, 6.45) is 2.20. The van der Waals surface area contributed by atoms with Gasteiger partial charge >= 0.3 is 0 Å². The van der Waals surface area contributed by atoms with E-state index in [1.807, 2.05) is 35.2 Å². The summed E-state index contributed by atoms with van der Waals surface area (Å²) in [5, 5.41) is 0. The van der Waals surface area contributed by atoms with Gasteiger partial charge in [0.1, 0.15) is 6.42 Å². The van der Waals surface area contributed by atoms with Crippen LogP contribution in [0.1, 0.15) is 31.7 Å². The third kappa shape index (κ3) is 4.59. The molecule has 0 spiro atoms.